The number of benzene rings is 4. The number of anilines is 3. The minimum atomic E-state index is -1.16. The lowest BCUT2D eigenvalue weighted by Crippen LogP contribution is -2.44. The average Bonchev–Trinajstić information content (AvgIpc) is 3.08. The Morgan fingerprint density at radius 1 is 0.369 bits per heavy atom. The van der Waals surface area contributed by atoms with Crippen LogP contribution >= 0.6 is 0 Å². The molecule has 0 unspecified atom stereocenters. The van der Waals surface area contributed by atoms with Crippen LogP contribution in [0, 0.1) is 0 Å². The molecule has 4 aromatic carbocycles. The van der Waals surface area contributed by atoms with Gasteiger partial charge in [-0.15, -0.1) is 0 Å². The van der Waals surface area contributed by atoms with Gasteiger partial charge in [0.15, 0.2) is 0 Å². The van der Waals surface area contributed by atoms with E-state index in [0.29, 0.717) is 90.5 Å². The van der Waals surface area contributed by atoms with E-state index < -0.39 is 65.4 Å². The highest BCUT2D eigenvalue weighted by Gasteiger charge is 2.29. The lowest BCUT2D eigenvalue weighted by atomic mass is 10.0. The van der Waals surface area contributed by atoms with E-state index in [1.165, 1.54) is 102 Å². The molecule has 0 heterocycles. The number of hydrogen-bond acceptors (Lipinski definition) is 17. The predicted octanol–water partition coefficient (Wildman–Crippen LogP) is 4.07. The zero-order valence-electron chi connectivity index (χ0n) is 48.7. The quantitative estimate of drug-likeness (QED) is 0.0281. The molecular weight excluding hydrogens is 1080 g/mol. The smallest absolute Gasteiger partial charge is 0.255 e. The zero-order chi connectivity index (χ0) is 61.6. The second-order valence-corrected chi connectivity index (χ2v) is 19.6. The fourth-order valence-electron chi connectivity index (χ4n) is 8.94. The van der Waals surface area contributed by atoms with Gasteiger partial charge < -0.3 is 89.6 Å². The number of methoxy groups -OCH3 is 5. The summed E-state index contributed by atoms with van der Waals surface area (Å²) in [4.78, 5) is 110. The van der Waals surface area contributed by atoms with Gasteiger partial charge >= 0.3 is 0 Å². The molecule has 0 saturated carbocycles. The van der Waals surface area contributed by atoms with E-state index in [9.17, 15) is 38.4 Å². The van der Waals surface area contributed by atoms with Crippen molar-refractivity contribution in [2.24, 2.45) is 28.7 Å². The first-order valence-electron chi connectivity index (χ1n) is 28.0. The number of unbranched alkanes of at least 4 members (excludes halogenated alkanes) is 7. The Balaban J connectivity index is 1.58. The summed E-state index contributed by atoms with van der Waals surface area (Å²) in [5.41, 5.74) is 29.0. The average molecular weight is 1170 g/mol. The fraction of sp³-hybridized carbons (Fsp3) is 0.458. The summed E-state index contributed by atoms with van der Waals surface area (Å²) < 4.78 is 27.3. The summed E-state index contributed by atoms with van der Waals surface area (Å²) in [5, 5.41) is 19.6. The maximum Gasteiger partial charge on any atom is 0.255 e. The van der Waals surface area contributed by atoms with E-state index in [4.69, 9.17) is 52.4 Å². The van der Waals surface area contributed by atoms with Crippen LogP contribution < -0.4 is 89.6 Å². The zero-order valence-corrected chi connectivity index (χ0v) is 48.7. The molecule has 0 aliphatic heterocycles. The Hall–Kier alpha value is -8.52. The van der Waals surface area contributed by atoms with Gasteiger partial charge in [0.05, 0.1) is 63.4 Å². The molecule has 25 heteroatoms. The number of hydrogen-bond donors (Lipinski definition) is 12. The first-order chi connectivity index (χ1) is 40.5. The SMILES string of the molecule is COc1ccc(NC(=O)[C@H](CCCCCN)NC(=O)c2cc(NC(=O)[C@H](CCCCCN)NC(=O)c3cc(NC(=O)[C@H](CCCCN)NC(=O)c4cc(C(=O)NCCCCCN)c(OC)cc4OC)ccc3OC)ccc2OC)cc1C(N)=O. The minimum absolute atomic E-state index is 0.0247. The van der Waals surface area contributed by atoms with Crippen LogP contribution in [-0.2, 0) is 14.4 Å². The van der Waals surface area contributed by atoms with Crippen molar-refractivity contribution >= 4 is 64.3 Å². The Morgan fingerprint density at radius 2 is 0.679 bits per heavy atom. The van der Waals surface area contributed by atoms with Crippen molar-refractivity contribution < 1.29 is 62.0 Å². The molecule has 0 aliphatic rings. The third-order valence-electron chi connectivity index (χ3n) is 13.5. The monoisotopic (exact) mass is 1170 g/mol. The van der Waals surface area contributed by atoms with E-state index >= 15 is 0 Å². The van der Waals surface area contributed by atoms with Crippen LogP contribution in [0.2, 0.25) is 0 Å². The highest BCUT2D eigenvalue weighted by Crippen LogP contribution is 2.31. The van der Waals surface area contributed by atoms with E-state index in [0.717, 1.165) is 12.8 Å². The van der Waals surface area contributed by atoms with Crippen molar-refractivity contribution in [3.63, 3.8) is 0 Å². The second kappa shape index (κ2) is 36.1. The predicted molar refractivity (Wildman–Crippen MR) is 320 cm³/mol. The van der Waals surface area contributed by atoms with E-state index in [-0.39, 0.29) is 92.9 Å². The number of nitrogens with two attached hydrogens (primary N) is 5. The summed E-state index contributed by atoms with van der Waals surface area (Å²) in [6.07, 6.45) is 7.54. The number of rotatable bonds is 38. The van der Waals surface area contributed by atoms with Gasteiger partial charge in [-0.2, -0.15) is 0 Å². The Morgan fingerprint density at radius 3 is 1.04 bits per heavy atom. The van der Waals surface area contributed by atoms with Gasteiger partial charge in [0.25, 0.3) is 29.5 Å². The third-order valence-corrected chi connectivity index (χ3v) is 13.5. The number of primary amides is 1. The second-order valence-electron chi connectivity index (χ2n) is 19.6. The van der Waals surface area contributed by atoms with Crippen LogP contribution in [0.3, 0.4) is 0 Å². The summed E-state index contributed by atoms with van der Waals surface area (Å²) in [6.45, 7) is 2.09. The summed E-state index contributed by atoms with van der Waals surface area (Å²) in [5.74, 6) is -4.56. The molecule has 0 saturated heterocycles. The van der Waals surface area contributed by atoms with Gasteiger partial charge in [0.2, 0.25) is 17.7 Å². The van der Waals surface area contributed by atoms with Crippen LogP contribution in [0.15, 0.2) is 66.7 Å². The van der Waals surface area contributed by atoms with Crippen molar-refractivity contribution in [3.8, 4) is 28.7 Å². The molecule has 0 aromatic heterocycles. The number of carbonyl (C=O) groups is 8. The molecule has 0 fully saturated rings. The molecular formula is C59H84N12O13. The summed E-state index contributed by atoms with van der Waals surface area (Å²) in [7, 11) is 6.83. The van der Waals surface area contributed by atoms with Crippen LogP contribution in [-0.4, -0.2) is 134 Å². The normalized spacial score (nSPS) is 11.9. The molecule has 17 N–H and O–H groups in total. The Kier molecular flexibility index (Phi) is 29.3. The van der Waals surface area contributed by atoms with Crippen molar-refractivity contribution in [1.82, 2.24) is 21.3 Å². The fourth-order valence-corrected chi connectivity index (χ4v) is 8.94. The van der Waals surface area contributed by atoms with Crippen LogP contribution in [0.1, 0.15) is 142 Å². The van der Waals surface area contributed by atoms with Gasteiger partial charge in [-0.05, 0) is 145 Å². The van der Waals surface area contributed by atoms with Crippen LogP contribution in [0.25, 0.3) is 0 Å². The lowest BCUT2D eigenvalue weighted by Gasteiger charge is -2.22. The van der Waals surface area contributed by atoms with Gasteiger partial charge in [-0.1, -0.05) is 32.1 Å². The Labute approximate surface area is 490 Å². The molecule has 25 nitrogen and oxygen atoms in total. The standard InChI is InChI=1S/C59H84N12O13/c1-80-47-23-20-36(31-39(47)52(64)72)66-57(77)44(17-9-6-12-26-60)69-54(74)40-32-37(21-24-48(40)81-2)67-58(78)45(18-10-7-13-27-61)70-55(75)41-33-38(22-25-49(41)82-3)68-59(79)46(19-11-15-29-63)71-56(76)43-34-42(50(83-4)35-51(43)84-5)53(73)65-30-16-8-14-28-62/h20-25,31-35,44-46H,6-19,26-30,60-63H2,1-5H3,(H2,64,72)(H,65,73)(H,66,77)(H,67,78)(H,68,79)(H,69,74)(H,70,75)(H,71,76)/t44-,45-,46-/m0/s1. The number of amides is 8. The van der Waals surface area contributed by atoms with Gasteiger partial charge in [0, 0.05) is 29.7 Å². The highest BCUT2D eigenvalue weighted by molar-refractivity contribution is 6.08. The van der Waals surface area contributed by atoms with Crippen molar-refractivity contribution in [2.75, 3.05) is 84.2 Å². The Bertz CT molecular complexity index is 2870. The van der Waals surface area contributed by atoms with E-state index in [1.807, 2.05) is 0 Å². The van der Waals surface area contributed by atoms with Crippen molar-refractivity contribution in [1.29, 1.82) is 0 Å². The molecule has 4 rings (SSSR count). The molecule has 0 radical (unpaired) electrons. The maximum absolute atomic E-state index is 14.3. The molecule has 84 heavy (non-hydrogen) atoms. The number of ether oxygens (including phenoxy) is 5. The third kappa shape index (κ3) is 20.7. The number of carbonyl (C=O) groups excluding carboxylic acids is 8. The van der Waals surface area contributed by atoms with Crippen molar-refractivity contribution in [2.45, 2.75) is 108 Å². The van der Waals surface area contributed by atoms with Crippen LogP contribution in [0.5, 0.6) is 28.7 Å². The molecule has 0 bridgehead atoms. The minimum Gasteiger partial charge on any atom is -0.496 e. The summed E-state index contributed by atoms with van der Waals surface area (Å²) in [6, 6.07) is 12.5. The molecule has 8 amide bonds. The van der Waals surface area contributed by atoms with Crippen LogP contribution in [0.4, 0.5) is 17.1 Å². The molecule has 0 aliphatic carbocycles. The van der Waals surface area contributed by atoms with Crippen molar-refractivity contribution in [3.05, 3.63) is 94.5 Å². The molecule has 0 spiro atoms. The van der Waals surface area contributed by atoms with E-state index in [1.54, 1.807) is 0 Å². The first kappa shape index (κ1) is 68.0. The maximum atomic E-state index is 14.3. The summed E-state index contributed by atoms with van der Waals surface area (Å²) >= 11 is 0. The largest absolute Gasteiger partial charge is 0.496 e. The molecule has 458 valence electrons. The van der Waals surface area contributed by atoms with Gasteiger partial charge in [0.1, 0.15) is 46.9 Å². The van der Waals surface area contributed by atoms with Gasteiger partial charge in [-0.3, -0.25) is 38.4 Å². The topological polar surface area (TPSA) is 397 Å². The number of nitrogens with one attached hydrogen (secondary N) is 7. The molecule has 3 atom stereocenters. The van der Waals surface area contributed by atoms with Gasteiger partial charge in [-0.25, -0.2) is 0 Å². The molecule has 4 aromatic rings. The highest BCUT2D eigenvalue weighted by atomic mass is 16.5. The first-order valence-corrected chi connectivity index (χ1v) is 28.0. The van der Waals surface area contributed by atoms with E-state index in [2.05, 4.69) is 37.2 Å². The lowest BCUT2D eigenvalue weighted by molar-refractivity contribution is -0.118.